The van der Waals surface area contributed by atoms with E-state index in [0.717, 1.165) is 69.1 Å². The Balaban J connectivity index is 0.000000260. The van der Waals surface area contributed by atoms with E-state index in [1.165, 1.54) is 18.5 Å². The Labute approximate surface area is 186 Å². The van der Waals surface area contributed by atoms with Gasteiger partial charge < -0.3 is 9.80 Å². The van der Waals surface area contributed by atoms with E-state index in [1.807, 2.05) is 11.2 Å². The van der Waals surface area contributed by atoms with Gasteiger partial charge in [0.2, 0.25) is 0 Å². The van der Waals surface area contributed by atoms with Gasteiger partial charge in [0.15, 0.2) is 0 Å². The minimum atomic E-state index is -0.411. The van der Waals surface area contributed by atoms with Crippen molar-refractivity contribution in [2.45, 2.75) is 12.8 Å². The van der Waals surface area contributed by atoms with Gasteiger partial charge in [-0.2, -0.15) is 5.10 Å². The molecule has 32 heavy (non-hydrogen) atoms. The number of hydrazine groups is 1. The normalized spacial score (nSPS) is 17.3. The number of nitrogens with one attached hydrogen (secondary N) is 1. The third kappa shape index (κ3) is 5.41. The summed E-state index contributed by atoms with van der Waals surface area (Å²) in [5, 5.41) is 6.32. The highest BCUT2D eigenvalue weighted by Gasteiger charge is 2.20. The van der Waals surface area contributed by atoms with Crippen molar-refractivity contribution >= 4 is 17.1 Å². The molecule has 2 saturated heterocycles. The summed E-state index contributed by atoms with van der Waals surface area (Å²) in [6.07, 6.45) is 6.08. The highest BCUT2D eigenvalue weighted by atomic mass is 19.1. The molecule has 2 aromatic heterocycles. The van der Waals surface area contributed by atoms with Crippen molar-refractivity contribution in [1.29, 1.82) is 0 Å². The van der Waals surface area contributed by atoms with E-state index in [-0.39, 0.29) is 5.91 Å². The fraction of sp³-hybridized carbons (Fsp3) is 0.391. The van der Waals surface area contributed by atoms with Gasteiger partial charge in [-0.05, 0) is 56.3 Å². The number of fused-ring (bicyclic) bond motifs is 1. The summed E-state index contributed by atoms with van der Waals surface area (Å²) in [6.45, 7) is 5.81. The van der Waals surface area contributed by atoms with Crippen LogP contribution in [0.3, 0.4) is 0 Å². The lowest BCUT2D eigenvalue weighted by atomic mass is 10.2. The maximum Gasteiger partial charge on any atom is 0.269 e. The van der Waals surface area contributed by atoms with Crippen molar-refractivity contribution in [1.82, 2.24) is 24.9 Å². The molecule has 170 valence electrons. The van der Waals surface area contributed by atoms with Gasteiger partial charge in [-0.1, -0.05) is 0 Å². The van der Waals surface area contributed by atoms with Gasteiger partial charge in [0.1, 0.15) is 11.6 Å². The van der Waals surface area contributed by atoms with E-state index in [2.05, 4.69) is 39.5 Å². The average Bonchev–Trinajstić information content (AvgIpc) is 3.47. The number of carbonyl (C=O) groups is 1. The van der Waals surface area contributed by atoms with Crippen LogP contribution in [-0.4, -0.2) is 71.7 Å². The number of nitrogens with zero attached hydrogens (tertiary/aromatic N) is 5. The third-order valence-electron chi connectivity index (χ3n) is 5.79. The van der Waals surface area contributed by atoms with Crippen LogP contribution in [0.1, 0.15) is 23.2 Å². The van der Waals surface area contributed by atoms with Gasteiger partial charge in [0.05, 0.1) is 17.3 Å². The van der Waals surface area contributed by atoms with Gasteiger partial charge in [0.25, 0.3) is 5.91 Å². The molecule has 5 rings (SSSR count). The van der Waals surface area contributed by atoms with Crippen LogP contribution < -0.4 is 10.3 Å². The van der Waals surface area contributed by atoms with Crippen LogP contribution in [0.4, 0.5) is 14.5 Å². The standard InChI is InChI=1S/C17H24N6O.C6H4F2/c1-20-8-10-22(11-9-20)19-17(24)15-13-18-23-7-4-14(12-16(15)23)21-5-2-3-6-21;7-5-1-2-6(8)4-3-5/h4,7,12-13H,2-3,5-6,8-11H2,1H3,(H,19,24);1-4H. The molecule has 9 heteroatoms. The first-order chi connectivity index (χ1) is 15.5. The molecule has 2 aliphatic heterocycles. The smallest absolute Gasteiger partial charge is 0.269 e. The number of halogens is 2. The summed E-state index contributed by atoms with van der Waals surface area (Å²) in [7, 11) is 2.10. The van der Waals surface area contributed by atoms with Gasteiger partial charge >= 0.3 is 0 Å². The third-order valence-corrected chi connectivity index (χ3v) is 5.79. The number of pyridine rings is 1. The Morgan fingerprint density at radius 3 is 2.19 bits per heavy atom. The minimum Gasteiger partial charge on any atom is -0.371 e. The number of likely N-dealkylation sites (N-methyl/N-ethyl adjacent to an activating group) is 1. The largest absolute Gasteiger partial charge is 0.371 e. The number of rotatable bonds is 3. The predicted octanol–water partition coefficient (Wildman–Crippen LogP) is 2.79. The number of aromatic nitrogens is 2. The van der Waals surface area contributed by atoms with Crippen LogP contribution in [0.25, 0.3) is 5.52 Å². The summed E-state index contributed by atoms with van der Waals surface area (Å²) < 4.78 is 25.6. The van der Waals surface area contributed by atoms with Crippen LogP contribution in [0, 0.1) is 11.6 Å². The molecule has 0 atom stereocenters. The number of anilines is 1. The topological polar surface area (TPSA) is 56.1 Å². The maximum atomic E-state index is 12.7. The fourth-order valence-electron chi connectivity index (χ4n) is 3.87. The summed E-state index contributed by atoms with van der Waals surface area (Å²) in [6, 6.07) is 8.47. The van der Waals surface area contributed by atoms with Gasteiger partial charge in [-0.15, -0.1) is 0 Å². The molecular formula is C23H28F2N6O. The summed E-state index contributed by atoms with van der Waals surface area (Å²) in [5.74, 6) is -0.897. The van der Waals surface area contributed by atoms with Crippen molar-refractivity contribution in [2.24, 2.45) is 0 Å². The number of amides is 1. The molecule has 7 nitrogen and oxygen atoms in total. The highest BCUT2D eigenvalue weighted by Crippen LogP contribution is 2.23. The second-order valence-corrected chi connectivity index (χ2v) is 8.13. The molecule has 0 spiro atoms. The van der Waals surface area contributed by atoms with Crippen LogP contribution in [0.5, 0.6) is 0 Å². The molecule has 1 aromatic carbocycles. The first-order valence-corrected chi connectivity index (χ1v) is 10.9. The summed E-state index contributed by atoms with van der Waals surface area (Å²) >= 11 is 0. The molecule has 0 bridgehead atoms. The molecule has 1 N–H and O–H groups in total. The monoisotopic (exact) mass is 442 g/mol. The molecular weight excluding hydrogens is 414 g/mol. The Morgan fingerprint density at radius 1 is 0.938 bits per heavy atom. The van der Waals surface area contributed by atoms with E-state index < -0.39 is 11.6 Å². The van der Waals surface area contributed by atoms with Crippen molar-refractivity contribution < 1.29 is 13.6 Å². The molecule has 1 amide bonds. The van der Waals surface area contributed by atoms with Gasteiger partial charge in [-0.3, -0.25) is 10.2 Å². The van der Waals surface area contributed by atoms with Crippen molar-refractivity contribution in [2.75, 3.05) is 51.2 Å². The lowest BCUT2D eigenvalue weighted by molar-refractivity contribution is 0.0664. The van der Waals surface area contributed by atoms with Crippen molar-refractivity contribution in [3.63, 3.8) is 0 Å². The van der Waals surface area contributed by atoms with Crippen LogP contribution >= 0.6 is 0 Å². The Morgan fingerprint density at radius 2 is 1.56 bits per heavy atom. The number of piperazine rings is 1. The fourth-order valence-corrected chi connectivity index (χ4v) is 3.87. The van der Waals surface area contributed by atoms with E-state index in [4.69, 9.17) is 0 Å². The Kier molecular flexibility index (Phi) is 6.96. The quantitative estimate of drug-likeness (QED) is 0.676. The minimum absolute atomic E-state index is 0.0758. The lowest BCUT2D eigenvalue weighted by Crippen LogP contribution is -2.52. The molecule has 0 saturated carbocycles. The number of carbonyl (C=O) groups excluding carboxylic acids is 1. The first kappa shape index (κ1) is 22.2. The summed E-state index contributed by atoms with van der Waals surface area (Å²) in [4.78, 5) is 17.3. The van der Waals surface area contributed by atoms with E-state index in [9.17, 15) is 13.6 Å². The predicted molar refractivity (Wildman–Crippen MR) is 120 cm³/mol. The lowest BCUT2D eigenvalue weighted by Gasteiger charge is -2.32. The maximum absolute atomic E-state index is 12.7. The zero-order valence-corrected chi connectivity index (χ0v) is 18.2. The summed E-state index contributed by atoms with van der Waals surface area (Å²) in [5.41, 5.74) is 5.70. The number of hydrogen-bond donors (Lipinski definition) is 1. The zero-order chi connectivity index (χ0) is 22.5. The van der Waals surface area contributed by atoms with Gasteiger partial charge in [0, 0.05) is 51.2 Å². The average molecular weight is 443 g/mol. The first-order valence-electron chi connectivity index (χ1n) is 10.9. The molecule has 0 unspecified atom stereocenters. The molecule has 2 fully saturated rings. The Hall–Kier alpha value is -3.04. The molecule has 2 aliphatic rings. The van der Waals surface area contributed by atoms with Crippen molar-refractivity contribution in [3.8, 4) is 0 Å². The molecule has 0 aliphatic carbocycles. The molecule has 4 heterocycles. The number of hydrogen-bond acceptors (Lipinski definition) is 5. The zero-order valence-electron chi connectivity index (χ0n) is 18.2. The highest BCUT2D eigenvalue weighted by molar-refractivity contribution is 6.00. The molecule has 0 radical (unpaired) electrons. The van der Waals surface area contributed by atoms with Crippen LogP contribution in [0.15, 0.2) is 48.8 Å². The molecule has 3 aromatic rings. The SMILES string of the molecule is CN1CCN(NC(=O)c2cnn3ccc(N4CCCC4)cc23)CC1.Fc1ccc(F)cc1. The second kappa shape index (κ2) is 10.1. The Bertz CT molecular complexity index is 1020. The van der Waals surface area contributed by atoms with Crippen LogP contribution in [-0.2, 0) is 0 Å². The second-order valence-electron chi connectivity index (χ2n) is 8.13. The van der Waals surface area contributed by atoms with Gasteiger partial charge in [-0.25, -0.2) is 18.3 Å². The van der Waals surface area contributed by atoms with Crippen LogP contribution in [0.2, 0.25) is 0 Å². The van der Waals surface area contributed by atoms with Crippen molar-refractivity contribution in [3.05, 3.63) is 66.0 Å². The van der Waals surface area contributed by atoms with E-state index in [1.54, 1.807) is 10.7 Å². The van der Waals surface area contributed by atoms with E-state index in [0.29, 0.717) is 5.56 Å². The van der Waals surface area contributed by atoms with E-state index >= 15 is 0 Å². The number of benzene rings is 1.